The zero-order valence-electron chi connectivity index (χ0n) is 15.2. The number of hydrogen-bond donors (Lipinski definition) is 1. The molecule has 2 aromatic carbocycles. The van der Waals surface area contributed by atoms with E-state index in [1.807, 2.05) is 36.4 Å². The summed E-state index contributed by atoms with van der Waals surface area (Å²) in [6.07, 6.45) is 1.01. The lowest BCUT2D eigenvalue weighted by Crippen LogP contribution is -2.12. The van der Waals surface area contributed by atoms with Gasteiger partial charge in [0.25, 0.3) is 5.91 Å². The van der Waals surface area contributed by atoms with E-state index in [0.29, 0.717) is 18.1 Å². The fourth-order valence-corrected chi connectivity index (χ4v) is 3.79. The first-order valence-corrected chi connectivity index (χ1v) is 10.4. The summed E-state index contributed by atoms with van der Waals surface area (Å²) in [7, 11) is 0. The molecule has 1 amide bonds. The van der Waals surface area contributed by atoms with E-state index in [1.54, 1.807) is 17.6 Å². The van der Waals surface area contributed by atoms with Crippen LogP contribution in [-0.2, 0) is 0 Å². The highest BCUT2D eigenvalue weighted by Crippen LogP contribution is 2.34. The summed E-state index contributed by atoms with van der Waals surface area (Å²) in [4.78, 5) is 13.5. The molecule has 0 aliphatic heterocycles. The predicted octanol–water partition coefficient (Wildman–Crippen LogP) is 5.37. The molecule has 0 aliphatic carbocycles. The Bertz CT molecular complexity index is 865. The number of nitrogens with one attached hydrogen (secondary N) is 1. The van der Waals surface area contributed by atoms with E-state index in [4.69, 9.17) is 4.74 Å². The average Bonchev–Trinajstić information content (AvgIpc) is 3.17. The van der Waals surface area contributed by atoms with Crippen LogP contribution in [0.25, 0.3) is 0 Å². The van der Waals surface area contributed by atoms with Crippen molar-refractivity contribution >= 4 is 34.7 Å². The summed E-state index contributed by atoms with van der Waals surface area (Å²) in [5.41, 5.74) is 3.02. The van der Waals surface area contributed by atoms with Crippen molar-refractivity contribution in [2.24, 2.45) is 5.92 Å². The third kappa shape index (κ3) is 5.80. The standard InChI is InChI=1S/C20H21N3O2S2/c1-14(2)11-12-25-16-9-7-15(8-10-16)19(24)22-17-5-3-4-6-18(17)27-20-23-21-13-26-20/h3-10,13-14H,11-12H2,1-2H3,(H,22,24). The molecule has 0 saturated heterocycles. The number of anilines is 1. The fraction of sp³-hybridized carbons (Fsp3) is 0.250. The lowest BCUT2D eigenvalue weighted by molar-refractivity contribution is 0.102. The number of amides is 1. The molecular formula is C20H21N3O2S2. The number of carbonyl (C=O) groups excluding carboxylic acids is 1. The molecule has 5 nitrogen and oxygen atoms in total. The Kier molecular flexibility index (Phi) is 6.84. The van der Waals surface area contributed by atoms with Crippen LogP contribution in [0.1, 0.15) is 30.6 Å². The molecule has 0 bridgehead atoms. The van der Waals surface area contributed by atoms with Crippen LogP contribution in [-0.4, -0.2) is 22.7 Å². The lowest BCUT2D eigenvalue weighted by atomic mass is 10.1. The molecular weight excluding hydrogens is 378 g/mol. The maximum absolute atomic E-state index is 12.6. The molecule has 0 spiro atoms. The van der Waals surface area contributed by atoms with Gasteiger partial charge in [-0.25, -0.2) is 0 Å². The lowest BCUT2D eigenvalue weighted by Gasteiger charge is -2.11. The number of para-hydroxylation sites is 1. The molecule has 27 heavy (non-hydrogen) atoms. The first kappa shape index (κ1) is 19.4. The van der Waals surface area contributed by atoms with Crippen LogP contribution in [0.5, 0.6) is 5.75 Å². The Balaban J connectivity index is 1.63. The molecule has 0 radical (unpaired) electrons. The van der Waals surface area contributed by atoms with Gasteiger partial charge in [-0.2, -0.15) is 0 Å². The minimum Gasteiger partial charge on any atom is -0.494 e. The van der Waals surface area contributed by atoms with Crippen molar-refractivity contribution in [1.29, 1.82) is 0 Å². The van der Waals surface area contributed by atoms with Gasteiger partial charge < -0.3 is 10.1 Å². The van der Waals surface area contributed by atoms with E-state index in [-0.39, 0.29) is 5.91 Å². The van der Waals surface area contributed by atoms with Crippen LogP contribution in [0.4, 0.5) is 5.69 Å². The molecule has 1 heterocycles. The van der Waals surface area contributed by atoms with Crippen LogP contribution in [0, 0.1) is 5.92 Å². The van der Waals surface area contributed by atoms with Crippen LogP contribution < -0.4 is 10.1 Å². The normalized spacial score (nSPS) is 10.8. The summed E-state index contributed by atoms with van der Waals surface area (Å²) >= 11 is 2.95. The summed E-state index contributed by atoms with van der Waals surface area (Å²) in [6, 6.07) is 14.9. The number of carbonyl (C=O) groups is 1. The highest BCUT2D eigenvalue weighted by molar-refractivity contribution is 8.01. The maximum Gasteiger partial charge on any atom is 0.255 e. The minimum absolute atomic E-state index is 0.158. The van der Waals surface area contributed by atoms with E-state index in [0.717, 1.165) is 27.1 Å². The van der Waals surface area contributed by atoms with Gasteiger partial charge in [0.1, 0.15) is 11.3 Å². The number of rotatable bonds is 8. The molecule has 3 aromatic rings. The van der Waals surface area contributed by atoms with Gasteiger partial charge in [-0.05, 0) is 48.7 Å². The number of nitrogens with zero attached hydrogens (tertiary/aromatic N) is 2. The van der Waals surface area contributed by atoms with Crippen molar-refractivity contribution in [2.45, 2.75) is 29.5 Å². The number of hydrogen-bond acceptors (Lipinski definition) is 6. The Hall–Kier alpha value is -2.38. The Morgan fingerprint density at radius 2 is 1.96 bits per heavy atom. The Morgan fingerprint density at radius 3 is 2.67 bits per heavy atom. The highest BCUT2D eigenvalue weighted by Gasteiger charge is 2.11. The number of benzene rings is 2. The fourth-order valence-electron chi connectivity index (χ4n) is 2.27. The van der Waals surface area contributed by atoms with Crippen molar-refractivity contribution in [1.82, 2.24) is 10.2 Å². The summed E-state index contributed by atoms with van der Waals surface area (Å²) in [5, 5.41) is 10.9. The van der Waals surface area contributed by atoms with Gasteiger partial charge in [-0.1, -0.05) is 49.1 Å². The molecule has 0 saturated carbocycles. The molecule has 0 unspecified atom stereocenters. The van der Waals surface area contributed by atoms with Crippen molar-refractivity contribution in [3.63, 3.8) is 0 Å². The van der Waals surface area contributed by atoms with Gasteiger partial charge >= 0.3 is 0 Å². The van der Waals surface area contributed by atoms with Crippen LogP contribution in [0.15, 0.2) is 63.3 Å². The average molecular weight is 400 g/mol. The van der Waals surface area contributed by atoms with Crippen LogP contribution in [0.3, 0.4) is 0 Å². The van der Waals surface area contributed by atoms with Gasteiger partial charge in [-0.15, -0.1) is 10.2 Å². The smallest absolute Gasteiger partial charge is 0.255 e. The minimum atomic E-state index is -0.158. The molecule has 1 N–H and O–H groups in total. The maximum atomic E-state index is 12.6. The summed E-state index contributed by atoms with van der Waals surface area (Å²) in [5.74, 6) is 1.22. The van der Waals surface area contributed by atoms with E-state index < -0.39 is 0 Å². The molecule has 0 aliphatic rings. The van der Waals surface area contributed by atoms with Crippen molar-refractivity contribution in [3.8, 4) is 5.75 Å². The zero-order valence-corrected chi connectivity index (χ0v) is 16.8. The third-order valence-corrected chi connectivity index (χ3v) is 5.61. The van der Waals surface area contributed by atoms with Gasteiger partial charge in [0.2, 0.25) is 0 Å². The quantitative estimate of drug-likeness (QED) is 0.552. The molecule has 3 rings (SSSR count). The number of ether oxygens (including phenoxy) is 1. The largest absolute Gasteiger partial charge is 0.494 e. The Labute approximate surface area is 167 Å². The first-order chi connectivity index (χ1) is 13.1. The second-order valence-electron chi connectivity index (χ2n) is 6.31. The third-order valence-electron chi connectivity index (χ3n) is 3.75. The molecule has 0 atom stereocenters. The Morgan fingerprint density at radius 1 is 1.19 bits per heavy atom. The van der Waals surface area contributed by atoms with E-state index in [2.05, 4.69) is 29.4 Å². The van der Waals surface area contributed by atoms with Gasteiger partial charge in [0, 0.05) is 10.5 Å². The monoisotopic (exact) mass is 399 g/mol. The molecule has 7 heteroatoms. The van der Waals surface area contributed by atoms with Crippen molar-refractivity contribution in [2.75, 3.05) is 11.9 Å². The first-order valence-electron chi connectivity index (χ1n) is 8.69. The van der Waals surface area contributed by atoms with Gasteiger partial charge in [-0.3, -0.25) is 4.79 Å². The zero-order chi connectivity index (χ0) is 19.1. The topological polar surface area (TPSA) is 64.1 Å². The van der Waals surface area contributed by atoms with Crippen molar-refractivity contribution in [3.05, 3.63) is 59.6 Å². The second kappa shape index (κ2) is 9.53. The van der Waals surface area contributed by atoms with Crippen LogP contribution >= 0.6 is 23.1 Å². The van der Waals surface area contributed by atoms with E-state index >= 15 is 0 Å². The molecule has 0 fully saturated rings. The van der Waals surface area contributed by atoms with E-state index in [9.17, 15) is 4.79 Å². The summed E-state index contributed by atoms with van der Waals surface area (Å²) < 4.78 is 6.53. The van der Waals surface area contributed by atoms with E-state index in [1.165, 1.54) is 23.1 Å². The molecule has 140 valence electrons. The van der Waals surface area contributed by atoms with Crippen molar-refractivity contribution < 1.29 is 9.53 Å². The van der Waals surface area contributed by atoms with Crippen LogP contribution in [0.2, 0.25) is 0 Å². The second-order valence-corrected chi connectivity index (χ2v) is 8.43. The highest BCUT2D eigenvalue weighted by atomic mass is 32.2. The summed E-state index contributed by atoms with van der Waals surface area (Å²) in [6.45, 7) is 5.01. The van der Waals surface area contributed by atoms with Gasteiger partial charge in [0.15, 0.2) is 4.34 Å². The SMILES string of the molecule is CC(C)CCOc1ccc(C(=O)Nc2ccccc2Sc2nncs2)cc1. The molecule has 1 aromatic heterocycles. The predicted molar refractivity (Wildman–Crippen MR) is 110 cm³/mol. The van der Waals surface area contributed by atoms with Gasteiger partial charge in [0.05, 0.1) is 12.3 Å². The number of aromatic nitrogens is 2.